The molecule has 0 bridgehead atoms. The molecule has 0 aliphatic carbocycles. The number of halogens is 1. The molecule has 1 aliphatic heterocycles. The molecule has 6 nitrogen and oxygen atoms in total. The van der Waals surface area contributed by atoms with E-state index < -0.39 is 0 Å². The molecule has 1 aliphatic rings. The van der Waals surface area contributed by atoms with Crippen molar-refractivity contribution in [3.05, 3.63) is 63.9 Å². The van der Waals surface area contributed by atoms with Crippen LogP contribution in [0.5, 0.6) is 0 Å². The molecule has 0 spiro atoms. The van der Waals surface area contributed by atoms with Crippen LogP contribution in [0.1, 0.15) is 27.8 Å². The molecule has 0 radical (unpaired) electrons. The molecular weight excluding hydrogens is 412 g/mol. The molecule has 0 saturated heterocycles. The second kappa shape index (κ2) is 7.80. The highest BCUT2D eigenvalue weighted by Crippen LogP contribution is 2.32. The molecule has 140 valence electrons. The van der Waals surface area contributed by atoms with Crippen LogP contribution in [0.25, 0.3) is 11.0 Å². The fraction of sp³-hybridized carbons (Fsp3) is 0.300. The van der Waals surface area contributed by atoms with Gasteiger partial charge in [0.1, 0.15) is 12.4 Å². The number of carbonyl (C=O) groups is 1. The highest BCUT2D eigenvalue weighted by atomic mass is 79.9. The highest BCUT2D eigenvalue weighted by molar-refractivity contribution is 9.10. The van der Waals surface area contributed by atoms with Gasteiger partial charge in [0.25, 0.3) is 0 Å². The van der Waals surface area contributed by atoms with Crippen molar-refractivity contribution >= 4 is 32.9 Å². The van der Waals surface area contributed by atoms with Gasteiger partial charge in [-0.2, -0.15) is 0 Å². The lowest BCUT2D eigenvalue weighted by Crippen LogP contribution is -2.27. The topological polar surface area (TPSA) is 62.6 Å². The normalized spacial score (nSPS) is 16.3. The van der Waals surface area contributed by atoms with Crippen LogP contribution in [-0.4, -0.2) is 35.8 Å². The Kier molecular flexibility index (Phi) is 5.24. The van der Waals surface area contributed by atoms with Crippen molar-refractivity contribution in [2.45, 2.75) is 19.3 Å². The minimum absolute atomic E-state index is 0.0164. The highest BCUT2D eigenvalue weighted by Gasteiger charge is 2.26. The van der Waals surface area contributed by atoms with Crippen LogP contribution in [0.2, 0.25) is 0 Å². The monoisotopic (exact) mass is 430 g/mol. The summed E-state index contributed by atoms with van der Waals surface area (Å²) in [6, 6.07) is 13.6. The number of hydrogen-bond donors (Lipinski definition) is 0. The Hall–Kier alpha value is -2.22. The molecule has 1 aromatic heterocycles. The minimum Gasteiger partial charge on any atom is -0.465 e. The quantitative estimate of drug-likeness (QED) is 0.574. The van der Waals surface area contributed by atoms with Crippen molar-refractivity contribution < 1.29 is 19.0 Å². The predicted octanol–water partition coefficient (Wildman–Crippen LogP) is 3.87. The first-order valence-electron chi connectivity index (χ1n) is 8.65. The van der Waals surface area contributed by atoms with E-state index in [1.165, 1.54) is 7.11 Å². The van der Waals surface area contributed by atoms with Crippen molar-refractivity contribution in [1.82, 2.24) is 9.55 Å². The molecule has 27 heavy (non-hydrogen) atoms. The predicted molar refractivity (Wildman–Crippen MR) is 104 cm³/mol. The van der Waals surface area contributed by atoms with Gasteiger partial charge in [-0.25, -0.2) is 9.78 Å². The first-order chi connectivity index (χ1) is 13.2. The summed E-state index contributed by atoms with van der Waals surface area (Å²) in [4.78, 5) is 16.5. The number of carbonyl (C=O) groups excluding carboxylic acids is 1. The van der Waals surface area contributed by atoms with E-state index in [0.29, 0.717) is 32.0 Å². The first-order valence-corrected chi connectivity index (χ1v) is 9.44. The van der Waals surface area contributed by atoms with Gasteiger partial charge >= 0.3 is 5.97 Å². The number of fused-ring (bicyclic) bond motifs is 3. The van der Waals surface area contributed by atoms with Gasteiger partial charge in [0, 0.05) is 4.47 Å². The summed E-state index contributed by atoms with van der Waals surface area (Å²) in [5.74, 6) is 0.440. The zero-order valence-electron chi connectivity index (χ0n) is 14.9. The van der Waals surface area contributed by atoms with Crippen LogP contribution >= 0.6 is 15.9 Å². The third-order valence-electron chi connectivity index (χ3n) is 4.56. The van der Waals surface area contributed by atoms with Crippen LogP contribution in [0.4, 0.5) is 0 Å². The fourth-order valence-corrected chi connectivity index (χ4v) is 3.97. The van der Waals surface area contributed by atoms with Gasteiger partial charge in [-0.05, 0) is 33.6 Å². The Balaban J connectivity index is 1.61. The van der Waals surface area contributed by atoms with E-state index in [4.69, 9.17) is 14.2 Å². The summed E-state index contributed by atoms with van der Waals surface area (Å²) in [7, 11) is 1.37. The van der Waals surface area contributed by atoms with Crippen molar-refractivity contribution in [3.8, 4) is 0 Å². The number of ether oxygens (including phenoxy) is 3. The second-order valence-corrected chi connectivity index (χ2v) is 7.24. The first kappa shape index (κ1) is 18.2. The molecule has 4 rings (SSSR count). The van der Waals surface area contributed by atoms with Gasteiger partial charge < -0.3 is 18.8 Å². The van der Waals surface area contributed by atoms with Crippen molar-refractivity contribution in [2.24, 2.45) is 0 Å². The Morgan fingerprint density at radius 1 is 1.33 bits per heavy atom. The van der Waals surface area contributed by atoms with Gasteiger partial charge in [-0.15, -0.1) is 0 Å². The lowest BCUT2D eigenvalue weighted by atomic mass is 10.2. The summed E-state index contributed by atoms with van der Waals surface area (Å²) in [6.45, 7) is 2.05. The third-order valence-corrected chi connectivity index (χ3v) is 5.17. The maximum absolute atomic E-state index is 11.9. The molecule has 2 aromatic carbocycles. The average molecular weight is 431 g/mol. The zero-order valence-corrected chi connectivity index (χ0v) is 16.4. The molecule has 1 atom stereocenters. The number of methoxy groups -OCH3 is 1. The Morgan fingerprint density at radius 3 is 2.93 bits per heavy atom. The summed E-state index contributed by atoms with van der Waals surface area (Å²) < 4.78 is 19.4. The number of hydrogen-bond acceptors (Lipinski definition) is 5. The van der Waals surface area contributed by atoms with Gasteiger partial charge in [0.2, 0.25) is 0 Å². The maximum Gasteiger partial charge on any atom is 0.337 e. The standard InChI is InChI=1S/C20H19BrN2O4/c1-25-20(24)14-7-16(21)19-17(8-14)22-18-12-27-11-15(23(18)19)10-26-9-13-5-3-2-4-6-13/h2-8,15H,9-12H2,1H3/t15-/m1/s1. The van der Waals surface area contributed by atoms with E-state index in [-0.39, 0.29) is 12.0 Å². The Bertz CT molecular complexity index is 971. The summed E-state index contributed by atoms with van der Waals surface area (Å²) in [6.07, 6.45) is 0. The summed E-state index contributed by atoms with van der Waals surface area (Å²) in [5.41, 5.74) is 3.27. The lowest BCUT2D eigenvalue weighted by molar-refractivity contribution is 0.00831. The molecule has 0 saturated carbocycles. The number of aromatic nitrogens is 2. The molecular formula is C20H19BrN2O4. The fourth-order valence-electron chi connectivity index (χ4n) is 3.33. The number of rotatable bonds is 5. The minimum atomic E-state index is -0.387. The summed E-state index contributed by atoms with van der Waals surface area (Å²) >= 11 is 3.59. The van der Waals surface area contributed by atoms with E-state index in [1.54, 1.807) is 12.1 Å². The van der Waals surface area contributed by atoms with E-state index in [2.05, 4.69) is 25.5 Å². The zero-order chi connectivity index (χ0) is 18.8. The second-order valence-electron chi connectivity index (χ2n) is 6.39. The summed E-state index contributed by atoms with van der Waals surface area (Å²) in [5, 5.41) is 0. The molecule has 7 heteroatoms. The van der Waals surface area contributed by atoms with Gasteiger partial charge in [0.05, 0.1) is 49.6 Å². The average Bonchev–Trinajstić information content (AvgIpc) is 3.08. The van der Waals surface area contributed by atoms with E-state index >= 15 is 0 Å². The molecule has 0 unspecified atom stereocenters. The number of imidazole rings is 1. The smallest absolute Gasteiger partial charge is 0.337 e. The lowest BCUT2D eigenvalue weighted by Gasteiger charge is -2.26. The van der Waals surface area contributed by atoms with Crippen LogP contribution < -0.4 is 0 Å². The molecule has 0 amide bonds. The van der Waals surface area contributed by atoms with Crippen LogP contribution in [-0.2, 0) is 27.4 Å². The SMILES string of the molecule is COC(=O)c1cc(Br)c2c(c1)nc1n2[C@H](COCc2ccccc2)COC1. The van der Waals surface area contributed by atoms with Gasteiger partial charge in [0.15, 0.2) is 0 Å². The Labute approximate surface area is 165 Å². The number of esters is 1. The number of benzene rings is 2. The Morgan fingerprint density at radius 2 is 2.15 bits per heavy atom. The molecule has 3 aromatic rings. The largest absolute Gasteiger partial charge is 0.465 e. The molecule has 0 fully saturated rings. The van der Waals surface area contributed by atoms with Crippen LogP contribution in [0.3, 0.4) is 0 Å². The molecule has 0 N–H and O–H groups in total. The van der Waals surface area contributed by atoms with E-state index in [1.807, 2.05) is 30.3 Å². The van der Waals surface area contributed by atoms with Crippen LogP contribution in [0, 0.1) is 0 Å². The van der Waals surface area contributed by atoms with E-state index in [0.717, 1.165) is 26.9 Å². The van der Waals surface area contributed by atoms with Crippen molar-refractivity contribution in [3.63, 3.8) is 0 Å². The van der Waals surface area contributed by atoms with Gasteiger partial charge in [-0.1, -0.05) is 30.3 Å². The van der Waals surface area contributed by atoms with Crippen LogP contribution in [0.15, 0.2) is 46.9 Å². The number of nitrogens with zero attached hydrogens (tertiary/aromatic N) is 2. The van der Waals surface area contributed by atoms with E-state index in [9.17, 15) is 4.79 Å². The third kappa shape index (κ3) is 3.63. The molecule has 2 heterocycles. The van der Waals surface area contributed by atoms with Gasteiger partial charge in [-0.3, -0.25) is 0 Å². The van der Waals surface area contributed by atoms with Crippen molar-refractivity contribution in [1.29, 1.82) is 0 Å². The van der Waals surface area contributed by atoms with Crippen molar-refractivity contribution in [2.75, 3.05) is 20.3 Å². The maximum atomic E-state index is 11.9.